The number of halogens is 1. The number of nitrogens with zero attached hydrogens (tertiary/aromatic N) is 4. The molecule has 9 nitrogen and oxygen atoms in total. The third-order valence-electron chi connectivity index (χ3n) is 5.06. The first-order valence-electron chi connectivity index (χ1n) is 10.4. The quantitative estimate of drug-likeness (QED) is 0.629. The van der Waals surface area contributed by atoms with Gasteiger partial charge in [0, 0.05) is 49.0 Å². The minimum atomic E-state index is -0.312. The second-order valence-corrected chi connectivity index (χ2v) is 8.17. The standard InChI is InChI=1S/C21H26BrN5O4/c22-16-2-1-3-17(14-16)23-20(28)18-15-19(31-13-6-26-4-9-29-10-5-26)25-21(24-18)27-7-11-30-12-8-27/h1-3,14-15H,4-13H2,(H,23,28). The molecular formula is C21H26BrN5O4. The van der Waals surface area contributed by atoms with E-state index < -0.39 is 0 Å². The van der Waals surface area contributed by atoms with Gasteiger partial charge in [-0.2, -0.15) is 4.98 Å². The molecule has 2 aliphatic heterocycles. The summed E-state index contributed by atoms with van der Waals surface area (Å²) >= 11 is 3.42. The van der Waals surface area contributed by atoms with Gasteiger partial charge in [-0.05, 0) is 18.2 Å². The first-order chi connectivity index (χ1) is 15.2. The second-order valence-electron chi connectivity index (χ2n) is 7.26. The highest BCUT2D eigenvalue weighted by Crippen LogP contribution is 2.20. The fourth-order valence-electron chi connectivity index (χ4n) is 3.37. The van der Waals surface area contributed by atoms with Gasteiger partial charge in [0.1, 0.15) is 12.3 Å². The summed E-state index contributed by atoms with van der Waals surface area (Å²) in [6, 6.07) is 9.01. The summed E-state index contributed by atoms with van der Waals surface area (Å²) in [7, 11) is 0. The normalized spacial score (nSPS) is 17.4. The maximum atomic E-state index is 12.9. The number of hydrogen-bond acceptors (Lipinski definition) is 8. The van der Waals surface area contributed by atoms with Crippen molar-refractivity contribution in [3.05, 3.63) is 40.5 Å². The number of nitrogens with one attached hydrogen (secondary N) is 1. The van der Waals surface area contributed by atoms with Crippen LogP contribution in [0.5, 0.6) is 5.88 Å². The summed E-state index contributed by atoms with van der Waals surface area (Å²) in [6.45, 7) is 7.08. The molecule has 0 bridgehead atoms. The third-order valence-corrected chi connectivity index (χ3v) is 5.55. The third kappa shape index (κ3) is 6.36. The Balaban J connectivity index is 1.48. The van der Waals surface area contributed by atoms with Crippen molar-refractivity contribution in [1.82, 2.24) is 14.9 Å². The molecule has 2 aromatic rings. The molecule has 1 amide bonds. The minimum absolute atomic E-state index is 0.262. The highest BCUT2D eigenvalue weighted by atomic mass is 79.9. The highest BCUT2D eigenvalue weighted by Gasteiger charge is 2.19. The van der Waals surface area contributed by atoms with E-state index in [1.165, 1.54) is 0 Å². The van der Waals surface area contributed by atoms with Crippen LogP contribution >= 0.6 is 15.9 Å². The first kappa shape index (κ1) is 21.9. The molecule has 2 aliphatic rings. The number of anilines is 2. The Hall–Kier alpha value is -2.27. The molecule has 3 heterocycles. The van der Waals surface area contributed by atoms with Crippen molar-refractivity contribution < 1.29 is 19.0 Å². The van der Waals surface area contributed by atoms with Crippen LogP contribution in [-0.4, -0.2) is 86.5 Å². The summed E-state index contributed by atoms with van der Waals surface area (Å²) in [4.78, 5) is 26.2. The lowest BCUT2D eigenvalue weighted by atomic mass is 10.3. The topological polar surface area (TPSA) is 89.0 Å². The number of carbonyl (C=O) groups excluding carboxylic acids is 1. The van der Waals surface area contributed by atoms with E-state index in [-0.39, 0.29) is 11.6 Å². The fourth-order valence-corrected chi connectivity index (χ4v) is 3.77. The van der Waals surface area contributed by atoms with Crippen LogP contribution in [0.25, 0.3) is 0 Å². The summed E-state index contributed by atoms with van der Waals surface area (Å²) in [5.41, 5.74) is 0.943. The molecule has 0 radical (unpaired) electrons. The Morgan fingerprint density at radius 2 is 1.81 bits per heavy atom. The predicted molar refractivity (Wildman–Crippen MR) is 120 cm³/mol. The molecule has 1 aromatic carbocycles. The van der Waals surface area contributed by atoms with Crippen LogP contribution in [0.4, 0.5) is 11.6 Å². The van der Waals surface area contributed by atoms with Crippen LogP contribution in [-0.2, 0) is 9.47 Å². The maximum absolute atomic E-state index is 12.9. The van der Waals surface area contributed by atoms with Crippen LogP contribution in [0.3, 0.4) is 0 Å². The number of ether oxygens (including phenoxy) is 3. The van der Waals surface area contributed by atoms with Gasteiger partial charge in [-0.1, -0.05) is 22.0 Å². The molecule has 1 aromatic heterocycles. The number of amides is 1. The van der Waals surface area contributed by atoms with Gasteiger partial charge in [0.05, 0.1) is 26.4 Å². The Kier molecular flexibility index (Phi) is 7.68. The van der Waals surface area contributed by atoms with Gasteiger partial charge in [-0.3, -0.25) is 9.69 Å². The van der Waals surface area contributed by atoms with Crippen LogP contribution in [0.15, 0.2) is 34.8 Å². The Morgan fingerprint density at radius 1 is 1.06 bits per heavy atom. The number of hydrogen-bond donors (Lipinski definition) is 1. The molecule has 1 N–H and O–H groups in total. The van der Waals surface area contributed by atoms with E-state index in [2.05, 4.69) is 36.1 Å². The zero-order valence-electron chi connectivity index (χ0n) is 17.3. The number of morpholine rings is 2. The van der Waals surface area contributed by atoms with Crippen LogP contribution in [0.2, 0.25) is 0 Å². The molecule has 0 aliphatic carbocycles. The lowest BCUT2D eigenvalue weighted by molar-refractivity contribution is 0.0320. The summed E-state index contributed by atoms with van der Waals surface area (Å²) < 4.78 is 17.6. The van der Waals surface area contributed by atoms with Gasteiger partial charge in [-0.15, -0.1) is 0 Å². The van der Waals surface area contributed by atoms with Crippen molar-refractivity contribution >= 4 is 33.5 Å². The Labute approximate surface area is 189 Å². The van der Waals surface area contributed by atoms with E-state index >= 15 is 0 Å². The molecule has 0 unspecified atom stereocenters. The SMILES string of the molecule is O=C(Nc1cccc(Br)c1)c1cc(OCCN2CCOCC2)nc(N2CCOCC2)n1. The van der Waals surface area contributed by atoms with Gasteiger partial charge < -0.3 is 24.4 Å². The van der Waals surface area contributed by atoms with Crippen molar-refractivity contribution in [2.45, 2.75) is 0 Å². The van der Waals surface area contributed by atoms with Crippen molar-refractivity contribution in [3.8, 4) is 5.88 Å². The van der Waals surface area contributed by atoms with Crippen LogP contribution in [0, 0.1) is 0 Å². The average Bonchev–Trinajstić information content (AvgIpc) is 2.80. The van der Waals surface area contributed by atoms with Crippen LogP contribution in [0.1, 0.15) is 10.5 Å². The predicted octanol–water partition coefficient (Wildman–Crippen LogP) is 2.04. The van der Waals surface area contributed by atoms with Gasteiger partial charge in [0.15, 0.2) is 0 Å². The Morgan fingerprint density at radius 3 is 2.55 bits per heavy atom. The molecule has 0 spiro atoms. The molecule has 0 saturated carbocycles. The number of carbonyl (C=O) groups is 1. The van der Waals surface area contributed by atoms with E-state index in [1.54, 1.807) is 6.07 Å². The van der Waals surface area contributed by atoms with Crippen molar-refractivity contribution in [2.24, 2.45) is 0 Å². The number of aromatic nitrogens is 2. The van der Waals surface area contributed by atoms with E-state index in [4.69, 9.17) is 14.2 Å². The van der Waals surface area contributed by atoms with Gasteiger partial charge in [0.2, 0.25) is 11.8 Å². The molecule has 4 rings (SSSR count). The molecule has 0 atom stereocenters. The number of benzene rings is 1. The van der Waals surface area contributed by atoms with E-state index in [1.807, 2.05) is 29.2 Å². The monoisotopic (exact) mass is 491 g/mol. The fraction of sp³-hybridized carbons (Fsp3) is 0.476. The summed E-state index contributed by atoms with van der Waals surface area (Å²) in [5.74, 6) is 0.559. The molecule has 31 heavy (non-hydrogen) atoms. The van der Waals surface area contributed by atoms with Crippen LogP contribution < -0.4 is 15.0 Å². The van der Waals surface area contributed by atoms with Crippen molar-refractivity contribution in [1.29, 1.82) is 0 Å². The van der Waals surface area contributed by atoms with E-state index in [0.717, 1.165) is 37.3 Å². The van der Waals surface area contributed by atoms with Gasteiger partial charge in [-0.25, -0.2) is 4.98 Å². The van der Waals surface area contributed by atoms with Gasteiger partial charge >= 0.3 is 0 Å². The Bertz CT molecular complexity index is 888. The summed E-state index contributed by atoms with van der Waals surface area (Å²) in [6.07, 6.45) is 0. The molecule has 2 saturated heterocycles. The average molecular weight is 492 g/mol. The molecular weight excluding hydrogens is 466 g/mol. The van der Waals surface area contributed by atoms with E-state index in [9.17, 15) is 4.79 Å². The molecule has 10 heteroatoms. The lowest BCUT2D eigenvalue weighted by Gasteiger charge is -2.27. The molecule has 166 valence electrons. The smallest absolute Gasteiger partial charge is 0.274 e. The second kappa shape index (κ2) is 10.9. The zero-order valence-corrected chi connectivity index (χ0v) is 18.8. The molecule has 2 fully saturated rings. The zero-order chi connectivity index (χ0) is 21.5. The van der Waals surface area contributed by atoms with E-state index in [0.29, 0.717) is 50.4 Å². The first-order valence-corrected chi connectivity index (χ1v) is 11.2. The number of rotatable bonds is 7. The minimum Gasteiger partial charge on any atom is -0.476 e. The highest BCUT2D eigenvalue weighted by molar-refractivity contribution is 9.10. The van der Waals surface area contributed by atoms with Crippen molar-refractivity contribution in [3.63, 3.8) is 0 Å². The van der Waals surface area contributed by atoms with Gasteiger partial charge in [0.25, 0.3) is 5.91 Å². The van der Waals surface area contributed by atoms with Crippen molar-refractivity contribution in [2.75, 3.05) is 76.0 Å². The maximum Gasteiger partial charge on any atom is 0.274 e. The summed E-state index contributed by atoms with van der Waals surface area (Å²) in [5, 5.41) is 2.88. The lowest BCUT2D eigenvalue weighted by Crippen LogP contribution is -2.39. The largest absolute Gasteiger partial charge is 0.476 e.